The van der Waals surface area contributed by atoms with Crippen molar-refractivity contribution in [1.29, 1.82) is 0 Å². The zero-order valence-electron chi connectivity index (χ0n) is 15.4. The maximum Gasteiger partial charge on any atom is 0.227 e. The highest BCUT2D eigenvalue weighted by Crippen LogP contribution is 2.20. The van der Waals surface area contributed by atoms with E-state index in [0.29, 0.717) is 24.1 Å². The topological polar surface area (TPSA) is 98.8 Å². The number of anilines is 2. The van der Waals surface area contributed by atoms with Gasteiger partial charge in [0.05, 0.1) is 19.3 Å². The number of rotatable bonds is 8. The molecule has 2 aromatic heterocycles. The Morgan fingerprint density at radius 3 is 2.63 bits per heavy atom. The summed E-state index contributed by atoms with van der Waals surface area (Å²) >= 11 is 0. The van der Waals surface area contributed by atoms with Gasteiger partial charge in [-0.3, -0.25) is 0 Å². The van der Waals surface area contributed by atoms with Crippen LogP contribution in [0.5, 0.6) is 0 Å². The third-order valence-corrected chi connectivity index (χ3v) is 4.08. The molecule has 0 radical (unpaired) electrons. The molecule has 8 heteroatoms. The standard InChI is InChI=1S/C19H23N5O3/c1-23(11-15(26)13-25)18-8-9-20-19(21-18)24(2)12-16-10-17(22-27-16)14-6-4-3-5-7-14/h3-10,15,25-26H,11-13H2,1-2H3/t15-/m1/s1. The highest BCUT2D eigenvalue weighted by molar-refractivity contribution is 5.58. The Hall–Kier alpha value is -2.97. The molecule has 0 fully saturated rings. The minimum atomic E-state index is -0.822. The second-order valence-electron chi connectivity index (χ2n) is 6.33. The fourth-order valence-electron chi connectivity index (χ4n) is 2.64. The third-order valence-electron chi connectivity index (χ3n) is 4.08. The van der Waals surface area contributed by atoms with Gasteiger partial charge in [0.15, 0.2) is 5.76 Å². The quantitative estimate of drug-likeness (QED) is 0.617. The molecule has 0 bridgehead atoms. The van der Waals surface area contributed by atoms with E-state index in [2.05, 4.69) is 15.1 Å². The van der Waals surface area contributed by atoms with E-state index < -0.39 is 6.10 Å². The second kappa shape index (κ2) is 8.61. The zero-order chi connectivity index (χ0) is 19.2. The summed E-state index contributed by atoms with van der Waals surface area (Å²) in [6.45, 7) is 0.447. The summed E-state index contributed by atoms with van der Waals surface area (Å²) in [6.07, 6.45) is 0.836. The van der Waals surface area contributed by atoms with E-state index in [4.69, 9.17) is 9.63 Å². The van der Waals surface area contributed by atoms with E-state index in [1.165, 1.54) is 0 Å². The van der Waals surface area contributed by atoms with Crippen molar-refractivity contribution < 1.29 is 14.7 Å². The van der Waals surface area contributed by atoms with Crippen LogP contribution in [0.15, 0.2) is 53.2 Å². The smallest absolute Gasteiger partial charge is 0.227 e. The number of likely N-dealkylation sites (N-methyl/N-ethyl adjacent to an activating group) is 1. The third kappa shape index (κ3) is 4.81. The van der Waals surface area contributed by atoms with Crippen molar-refractivity contribution in [2.24, 2.45) is 0 Å². The molecule has 8 nitrogen and oxygen atoms in total. The monoisotopic (exact) mass is 369 g/mol. The molecule has 2 N–H and O–H groups in total. The number of benzene rings is 1. The average Bonchev–Trinajstić information content (AvgIpc) is 3.17. The number of nitrogens with zero attached hydrogens (tertiary/aromatic N) is 5. The van der Waals surface area contributed by atoms with Crippen LogP contribution in [-0.2, 0) is 6.54 Å². The molecular formula is C19H23N5O3. The summed E-state index contributed by atoms with van der Waals surface area (Å²) in [7, 11) is 3.67. The van der Waals surface area contributed by atoms with Gasteiger partial charge in [-0.25, -0.2) is 4.98 Å². The van der Waals surface area contributed by atoms with Gasteiger partial charge in [-0.2, -0.15) is 4.98 Å². The van der Waals surface area contributed by atoms with Crippen molar-refractivity contribution in [1.82, 2.24) is 15.1 Å². The van der Waals surface area contributed by atoms with Crippen LogP contribution in [0.3, 0.4) is 0 Å². The Kier molecular flexibility index (Phi) is 6.00. The number of aromatic nitrogens is 3. The van der Waals surface area contributed by atoms with Crippen LogP contribution in [0.25, 0.3) is 11.3 Å². The van der Waals surface area contributed by atoms with Crippen LogP contribution in [0.4, 0.5) is 11.8 Å². The molecular weight excluding hydrogens is 346 g/mol. The Morgan fingerprint density at radius 1 is 1.11 bits per heavy atom. The fraction of sp³-hybridized carbons (Fsp3) is 0.316. The lowest BCUT2D eigenvalue weighted by atomic mass is 10.1. The van der Waals surface area contributed by atoms with Crippen molar-refractivity contribution in [3.8, 4) is 11.3 Å². The summed E-state index contributed by atoms with van der Waals surface area (Å²) in [5.41, 5.74) is 1.78. The molecule has 0 aliphatic carbocycles. The SMILES string of the molecule is CN(C[C@@H](O)CO)c1ccnc(N(C)Cc2cc(-c3ccccc3)no2)n1. The van der Waals surface area contributed by atoms with Gasteiger partial charge in [0.2, 0.25) is 5.95 Å². The van der Waals surface area contributed by atoms with Crippen LogP contribution in [0.1, 0.15) is 5.76 Å². The van der Waals surface area contributed by atoms with Crippen molar-refractivity contribution in [2.75, 3.05) is 37.0 Å². The van der Waals surface area contributed by atoms with Gasteiger partial charge in [0.25, 0.3) is 0 Å². The predicted molar refractivity (Wildman–Crippen MR) is 102 cm³/mol. The molecule has 0 spiro atoms. The number of aliphatic hydroxyl groups is 2. The lowest BCUT2D eigenvalue weighted by molar-refractivity contribution is 0.101. The van der Waals surface area contributed by atoms with Crippen molar-refractivity contribution in [3.05, 3.63) is 54.4 Å². The van der Waals surface area contributed by atoms with E-state index in [0.717, 1.165) is 11.3 Å². The Labute approximate surface area is 157 Å². The van der Waals surface area contributed by atoms with Gasteiger partial charge in [-0.05, 0) is 6.07 Å². The minimum Gasteiger partial charge on any atom is -0.394 e. The summed E-state index contributed by atoms with van der Waals surface area (Å²) in [6, 6.07) is 13.5. The molecule has 0 amide bonds. The van der Waals surface area contributed by atoms with Crippen LogP contribution < -0.4 is 9.80 Å². The zero-order valence-corrected chi connectivity index (χ0v) is 15.4. The molecule has 0 saturated carbocycles. The fourth-order valence-corrected chi connectivity index (χ4v) is 2.64. The van der Waals surface area contributed by atoms with E-state index >= 15 is 0 Å². The molecule has 27 heavy (non-hydrogen) atoms. The molecule has 0 aliphatic heterocycles. The van der Waals surface area contributed by atoms with Crippen LogP contribution >= 0.6 is 0 Å². The van der Waals surface area contributed by atoms with Crippen LogP contribution in [-0.4, -0.2) is 58.7 Å². The Bertz CT molecular complexity index is 855. The summed E-state index contributed by atoms with van der Waals surface area (Å²) in [4.78, 5) is 12.4. The molecule has 3 aromatic rings. The second-order valence-corrected chi connectivity index (χ2v) is 6.33. The van der Waals surface area contributed by atoms with Crippen molar-refractivity contribution >= 4 is 11.8 Å². The van der Waals surface area contributed by atoms with Crippen molar-refractivity contribution in [3.63, 3.8) is 0 Å². The van der Waals surface area contributed by atoms with Gasteiger partial charge in [-0.15, -0.1) is 0 Å². The first-order valence-electron chi connectivity index (χ1n) is 8.62. The van der Waals surface area contributed by atoms with Crippen LogP contribution in [0, 0.1) is 0 Å². The first-order chi connectivity index (χ1) is 13.1. The number of hydrogen-bond donors (Lipinski definition) is 2. The Morgan fingerprint density at radius 2 is 1.89 bits per heavy atom. The molecule has 142 valence electrons. The number of hydrogen-bond acceptors (Lipinski definition) is 8. The highest BCUT2D eigenvalue weighted by atomic mass is 16.5. The molecule has 0 aliphatic rings. The molecule has 2 heterocycles. The largest absolute Gasteiger partial charge is 0.394 e. The maximum atomic E-state index is 9.59. The lowest BCUT2D eigenvalue weighted by Gasteiger charge is -2.22. The van der Waals surface area contributed by atoms with Gasteiger partial charge in [0.1, 0.15) is 11.5 Å². The van der Waals surface area contributed by atoms with Gasteiger partial charge in [-0.1, -0.05) is 35.5 Å². The van der Waals surface area contributed by atoms with E-state index in [9.17, 15) is 5.11 Å². The van der Waals surface area contributed by atoms with Crippen molar-refractivity contribution in [2.45, 2.75) is 12.6 Å². The van der Waals surface area contributed by atoms with E-state index in [-0.39, 0.29) is 13.2 Å². The summed E-state index contributed by atoms with van der Waals surface area (Å²) in [5, 5.41) is 22.7. The molecule has 1 aromatic carbocycles. The summed E-state index contributed by atoms with van der Waals surface area (Å²) < 4.78 is 5.44. The highest BCUT2D eigenvalue weighted by Gasteiger charge is 2.14. The molecule has 1 atom stereocenters. The molecule has 0 unspecified atom stereocenters. The maximum absolute atomic E-state index is 9.59. The Balaban J connectivity index is 1.69. The number of aliphatic hydroxyl groups excluding tert-OH is 2. The normalized spacial score (nSPS) is 12.0. The van der Waals surface area contributed by atoms with Gasteiger partial charge < -0.3 is 24.5 Å². The van der Waals surface area contributed by atoms with E-state index in [1.54, 1.807) is 24.2 Å². The molecule has 0 saturated heterocycles. The first-order valence-corrected chi connectivity index (χ1v) is 8.62. The van der Waals surface area contributed by atoms with Crippen LogP contribution in [0.2, 0.25) is 0 Å². The lowest BCUT2D eigenvalue weighted by Crippen LogP contribution is -2.32. The minimum absolute atomic E-state index is 0.277. The average molecular weight is 369 g/mol. The van der Waals surface area contributed by atoms with E-state index in [1.807, 2.05) is 48.3 Å². The summed E-state index contributed by atoms with van der Waals surface area (Å²) in [5.74, 6) is 1.88. The first kappa shape index (κ1) is 18.8. The molecule has 3 rings (SSSR count). The van der Waals surface area contributed by atoms with Gasteiger partial charge in [0, 0.05) is 38.5 Å². The predicted octanol–water partition coefficient (Wildman–Crippen LogP) is 1.56. The van der Waals surface area contributed by atoms with Gasteiger partial charge >= 0.3 is 0 Å².